The summed E-state index contributed by atoms with van der Waals surface area (Å²) in [6.45, 7) is 3.75. The zero-order valence-corrected chi connectivity index (χ0v) is 14.1. The minimum atomic E-state index is -0.329. The number of nitrogens with two attached hydrogens (primary N) is 1. The van der Waals surface area contributed by atoms with Crippen LogP contribution in [0, 0.1) is 0 Å². The van der Waals surface area contributed by atoms with Gasteiger partial charge < -0.3 is 11.2 Å². The summed E-state index contributed by atoms with van der Waals surface area (Å²) in [7, 11) is 0. The normalized spacial score (nSPS) is 12.1. The van der Waals surface area contributed by atoms with Crippen molar-refractivity contribution in [1.82, 2.24) is 14.9 Å². The van der Waals surface area contributed by atoms with Crippen molar-refractivity contribution in [2.24, 2.45) is 0 Å². The molecule has 112 valence electrons. The van der Waals surface area contributed by atoms with E-state index in [0.29, 0.717) is 17.4 Å². The number of nitrogens with zero attached hydrogens (tertiary/aromatic N) is 3. The van der Waals surface area contributed by atoms with E-state index < -0.39 is 0 Å². The molecule has 0 aliphatic carbocycles. The number of benzene rings is 1. The predicted octanol–water partition coefficient (Wildman–Crippen LogP) is 2.44. The summed E-state index contributed by atoms with van der Waals surface area (Å²) in [5, 5.41) is 11.0. The van der Waals surface area contributed by atoms with Gasteiger partial charge in [0.1, 0.15) is 0 Å². The average molecular weight is 370 g/mol. The van der Waals surface area contributed by atoms with Crippen molar-refractivity contribution in [3.63, 3.8) is 0 Å². The van der Waals surface area contributed by atoms with Gasteiger partial charge in [-0.2, -0.15) is 0 Å². The molecule has 0 unspecified atom stereocenters. The van der Waals surface area contributed by atoms with Gasteiger partial charge in [0.2, 0.25) is 11.1 Å². The molecule has 0 aliphatic heterocycles. The van der Waals surface area contributed by atoms with Crippen LogP contribution in [0.15, 0.2) is 33.9 Å². The number of rotatable bonds is 5. The number of aromatic nitrogens is 3. The number of amides is 1. The molecule has 0 bridgehead atoms. The molecule has 0 saturated carbocycles. The van der Waals surface area contributed by atoms with Gasteiger partial charge in [0.25, 0.3) is 0 Å². The minimum Gasteiger partial charge on any atom is -0.336 e. The largest absolute Gasteiger partial charge is 0.336 e. The van der Waals surface area contributed by atoms with E-state index in [1.165, 1.54) is 16.4 Å². The summed E-state index contributed by atoms with van der Waals surface area (Å²) in [5.41, 5.74) is 0.749. The summed E-state index contributed by atoms with van der Waals surface area (Å²) in [6.07, 6.45) is 0.698. The van der Waals surface area contributed by atoms with Crippen LogP contribution < -0.4 is 11.2 Å². The van der Waals surface area contributed by atoms with E-state index in [9.17, 15) is 4.79 Å². The Labute approximate surface area is 135 Å². The molecule has 2 aromatic rings. The van der Waals surface area contributed by atoms with Gasteiger partial charge in [-0.25, -0.2) is 4.68 Å². The zero-order chi connectivity index (χ0) is 15.4. The summed E-state index contributed by atoms with van der Waals surface area (Å²) < 4.78 is 2.39. The van der Waals surface area contributed by atoms with Crippen LogP contribution in [-0.2, 0) is 11.2 Å². The predicted molar refractivity (Wildman–Crippen MR) is 87.6 cm³/mol. The van der Waals surface area contributed by atoms with Gasteiger partial charge in [-0.3, -0.25) is 4.79 Å². The molecule has 1 aromatic carbocycles. The highest BCUT2D eigenvalue weighted by Gasteiger charge is 2.19. The summed E-state index contributed by atoms with van der Waals surface area (Å²) in [5.74, 6) is 6.45. The van der Waals surface area contributed by atoms with E-state index >= 15 is 0 Å². The van der Waals surface area contributed by atoms with Crippen LogP contribution in [0.4, 0.5) is 5.69 Å². The molecule has 2 rings (SSSR count). The third-order valence-electron chi connectivity index (χ3n) is 2.81. The van der Waals surface area contributed by atoms with Gasteiger partial charge in [0.15, 0.2) is 5.82 Å². The van der Waals surface area contributed by atoms with Gasteiger partial charge in [0.05, 0.1) is 5.25 Å². The number of halogens is 1. The highest BCUT2D eigenvalue weighted by molar-refractivity contribution is 9.10. The van der Waals surface area contributed by atoms with Gasteiger partial charge in [-0.1, -0.05) is 34.6 Å². The minimum absolute atomic E-state index is 0.108. The van der Waals surface area contributed by atoms with E-state index in [4.69, 9.17) is 5.84 Å². The van der Waals surface area contributed by atoms with Gasteiger partial charge in [-0.15, -0.1) is 10.2 Å². The van der Waals surface area contributed by atoms with Crippen molar-refractivity contribution in [3.8, 4) is 0 Å². The number of carbonyl (C=O) groups excluding carboxylic acids is 1. The van der Waals surface area contributed by atoms with Crippen LogP contribution in [0.5, 0.6) is 0 Å². The van der Waals surface area contributed by atoms with E-state index in [1.807, 2.05) is 31.2 Å². The Kier molecular flexibility index (Phi) is 5.24. The van der Waals surface area contributed by atoms with E-state index in [2.05, 4.69) is 31.4 Å². The molecule has 0 fully saturated rings. The number of thioether (sulfide) groups is 1. The Morgan fingerprint density at radius 2 is 2.10 bits per heavy atom. The zero-order valence-electron chi connectivity index (χ0n) is 11.7. The Bertz CT molecular complexity index is 628. The van der Waals surface area contributed by atoms with E-state index in [1.54, 1.807) is 6.92 Å². The smallest absolute Gasteiger partial charge is 0.237 e. The van der Waals surface area contributed by atoms with E-state index in [-0.39, 0.29) is 11.2 Å². The second-order valence-corrected chi connectivity index (χ2v) is 6.60. The molecule has 1 aromatic heterocycles. The first-order valence-electron chi connectivity index (χ1n) is 6.43. The standard InChI is InChI=1S/C13H16BrN5OS/c1-3-11-17-18-13(19(11)15)21-8(2)12(20)16-10-6-4-9(14)5-7-10/h4-8H,3,15H2,1-2H3,(H,16,20)/t8-/m1/s1. The molecule has 0 spiro atoms. The second-order valence-electron chi connectivity index (χ2n) is 4.38. The van der Waals surface area contributed by atoms with Crippen LogP contribution in [0.3, 0.4) is 0 Å². The number of nitrogens with one attached hydrogen (secondary N) is 1. The number of hydrogen-bond donors (Lipinski definition) is 2. The molecule has 0 saturated heterocycles. The first-order valence-corrected chi connectivity index (χ1v) is 8.11. The highest BCUT2D eigenvalue weighted by Crippen LogP contribution is 2.22. The molecule has 1 heterocycles. The monoisotopic (exact) mass is 369 g/mol. The molecule has 0 aliphatic rings. The Balaban J connectivity index is 1.99. The van der Waals surface area contributed by atoms with Crippen LogP contribution in [0.1, 0.15) is 19.7 Å². The first-order chi connectivity index (χ1) is 10.0. The maximum atomic E-state index is 12.1. The third kappa shape index (κ3) is 3.98. The molecule has 8 heteroatoms. The Morgan fingerprint density at radius 3 is 2.67 bits per heavy atom. The van der Waals surface area contributed by atoms with Crippen LogP contribution in [-0.4, -0.2) is 26.0 Å². The summed E-state index contributed by atoms with van der Waals surface area (Å²) in [6, 6.07) is 7.41. The fraction of sp³-hybridized carbons (Fsp3) is 0.308. The maximum absolute atomic E-state index is 12.1. The molecule has 6 nitrogen and oxygen atoms in total. The average Bonchev–Trinajstić information content (AvgIpc) is 2.82. The molecule has 21 heavy (non-hydrogen) atoms. The van der Waals surface area contributed by atoms with Crippen molar-refractivity contribution in [2.75, 3.05) is 11.2 Å². The molecule has 3 N–H and O–H groups in total. The lowest BCUT2D eigenvalue weighted by Gasteiger charge is -2.11. The van der Waals surface area contributed by atoms with Gasteiger partial charge >= 0.3 is 0 Å². The second kappa shape index (κ2) is 6.95. The fourth-order valence-corrected chi connectivity index (χ4v) is 2.67. The topological polar surface area (TPSA) is 85.8 Å². The SMILES string of the molecule is CCc1nnc(S[C@H](C)C(=O)Nc2ccc(Br)cc2)n1N. The lowest BCUT2D eigenvalue weighted by Crippen LogP contribution is -2.23. The highest BCUT2D eigenvalue weighted by atomic mass is 79.9. The van der Waals surface area contributed by atoms with Crippen molar-refractivity contribution >= 4 is 39.3 Å². The molecule has 1 atom stereocenters. The number of aryl methyl sites for hydroxylation is 1. The molecule has 1 amide bonds. The summed E-state index contributed by atoms with van der Waals surface area (Å²) in [4.78, 5) is 12.1. The van der Waals surface area contributed by atoms with Crippen molar-refractivity contribution in [2.45, 2.75) is 30.7 Å². The number of anilines is 1. The van der Waals surface area contributed by atoms with Crippen molar-refractivity contribution in [1.29, 1.82) is 0 Å². The van der Waals surface area contributed by atoms with Gasteiger partial charge in [0, 0.05) is 16.6 Å². The van der Waals surface area contributed by atoms with Gasteiger partial charge in [-0.05, 0) is 31.2 Å². The maximum Gasteiger partial charge on any atom is 0.237 e. The Morgan fingerprint density at radius 1 is 1.43 bits per heavy atom. The van der Waals surface area contributed by atoms with E-state index in [0.717, 1.165) is 10.2 Å². The van der Waals surface area contributed by atoms with Crippen molar-refractivity contribution < 1.29 is 4.79 Å². The first kappa shape index (κ1) is 15.8. The van der Waals surface area contributed by atoms with Crippen molar-refractivity contribution in [3.05, 3.63) is 34.6 Å². The lowest BCUT2D eigenvalue weighted by molar-refractivity contribution is -0.115. The number of carbonyl (C=O) groups is 1. The lowest BCUT2D eigenvalue weighted by atomic mass is 10.3. The molecule has 0 radical (unpaired) electrons. The molecular formula is C13H16BrN5OS. The third-order valence-corrected chi connectivity index (χ3v) is 4.40. The van der Waals surface area contributed by atoms with Crippen LogP contribution >= 0.6 is 27.7 Å². The summed E-state index contributed by atoms with van der Waals surface area (Å²) >= 11 is 4.63. The number of nitrogen functional groups attached to an aromatic ring is 1. The molecular weight excluding hydrogens is 354 g/mol. The quantitative estimate of drug-likeness (QED) is 0.624. The number of hydrogen-bond acceptors (Lipinski definition) is 5. The Hall–Kier alpha value is -1.54. The fourth-order valence-electron chi connectivity index (χ4n) is 1.62. The van der Waals surface area contributed by atoms with Crippen LogP contribution in [0.2, 0.25) is 0 Å². The van der Waals surface area contributed by atoms with Crippen LogP contribution in [0.25, 0.3) is 0 Å².